The third-order valence-electron chi connectivity index (χ3n) is 3.38. The fourth-order valence-corrected chi connectivity index (χ4v) is 3.47. The maximum absolute atomic E-state index is 6.02. The largest absolute Gasteiger partial charge is 0.398 e. The highest BCUT2D eigenvalue weighted by Crippen LogP contribution is 2.32. The summed E-state index contributed by atoms with van der Waals surface area (Å²) in [5.41, 5.74) is 8.85. The van der Waals surface area contributed by atoms with Crippen LogP contribution in [-0.4, -0.2) is 26.0 Å². The van der Waals surface area contributed by atoms with Gasteiger partial charge < -0.3 is 10.3 Å². The molecule has 5 heteroatoms. The van der Waals surface area contributed by atoms with Gasteiger partial charge in [-0.05, 0) is 30.4 Å². The zero-order valence-electron chi connectivity index (χ0n) is 10.1. The first-order valence-corrected chi connectivity index (χ1v) is 7.31. The van der Waals surface area contributed by atoms with Gasteiger partial charge in [-0.15, -0.1) is 0 Å². The van der Waals surface area contributed by atoms with Crippen molar-refractivity contribution in [2.75, 3.05) is 17.2 Å². The molecule has 0 amide bonds. The summed E-state index contributed by atoms with van der Waals surface area (Å²) < 4.78 is 2.26. The van der Waals surface area contributed by atoms with Crippen LogP contribution in [-0.2, 0) is 0 Å². The van der Waals surface area contributed by atoms with Crippen LogP contribution in [0.5, 0.6) is 0 Å². The number of hydrogen-bond donors (Lipinski definition) is 1. The van der Waals surface area contributed by atoms with Crippen LogP contribution in [0.15, 0.2) is 31.0 Å². The molecule has 3 heterocycles. The first kappa shape index (κ1) is 11.6. The van der Waals surface area contributed by atoms with Gasteiger partial charge >= 0.3 is 0 Å². The van der Waals surface area contributed by atoms with E-state index in [4.69, 9.17) is 5.73 Å². The Hall–Kier alpha value is -1.49. The molecule has 0 spiro atoms. The lowest BCUT2D eigenvalue weighted by molar-refractivity contribution is 0.473. The van der Waals surface area contributed by atoms with Crippen molar-refractivity contribution in [2.45, 2.75) is 18.9 Å². The van der Waals surface area contributed by atoms with Crippen LogP contribution in [0.3, 0.4) is 0 Å². The Balaban J connectivity index is 1.98. The predicted octanol–water partition coefficient (Wildman–Crippen LogP) is 2.60. The zero-order chi connectivity index (χ0) is 12.4. The third kappa shape index (κ3) is 2.10. The van der Waals surface area contributed by atoms with Gasteiger partial charge in [0, 0.05) is 29.7 Å². The van der Waals surface area contributed by atoms with Crippen LogP contribution in [0.1, 0.15) is 18.9 Å². The Labute approximate surface area is 111 Å². The number of nitrogens with zero attached hydrogens (tertiary/aromatic N) is 3. The van der Waals surface area contributed by atoms with Gasteiger partial charge in [0.05, 0.1) is 18.2 Å². The van der Waals surface area contributed by atoms with Gasteiger partial charge in [-0.2, -0.15) is 11.8 Å². The molecule has 1 fully saturated rings. The summed E-state index contributed by atoms with van der Waals surface area (Å²) in [5.74, 6) is 2.45. The van der Waals surface area contributed by atoms with Crippen LogP contribution in [0.4, 0.5) is 5.69 Å². The van der Waals surface area contributed by atoms with Gasteiger partial charge in [0.15, 0.2) is 0 Å². The minimum Gasteiger partial charge on any atom is -0.398 e. The molecule has 0 radical (unpaired) electrons. The molecule has 0 atom stereocenters. The summed E-state index contributed by atoms with van der Waals surface area (Å²) in [6.45, 7) is 0. The van der Waals surface area contributed by atoms with E-state index in [-0.39, 0.29) is 0 Å². The maximum atomic E-state index is 6.02. The highest BCUT2D eigenvalue weighted by molar-refractivity contribution is 7.99. The number of pyridine rings is 1. The van der Waals surface area contributed by atoms with Crippen LogP contribution in [0.25, 0.3) is 11.3 Å². The lowest BCUT2D eigenvalue weighted by Crippen LogP contribution is -2.15. The van der Waals surface area contributed by atoms with Gasteiger partial charge in [-0.1, -0.05) is 0 Å². The number of rotatable bonds is 2. The summed E-state index contributed by atoms with van der Waals surface area (Å²) in [6, 6.07) is 2.38. The Kier molecular flexibility index (Phi) is 3.23. The average Bonchev–Trinajstić information content (AvgIpc) is 2.89. The molecule has 2 aromatic heterocycles. The maximum Gasteiger partial charge on any atom is 0.0953 e. The quantitative estimate of drug-likeness (QED) is 0.901. The summed E-state index contributed by atoms with van der Waals surface area (Å²) in [5, 5.41) is 0. The van der Waals surface area contributed by atoms with Crippen molar-refractivity contribution in [3.05, 3.63) is 31.0 Å². The monoisotopic (exact) mass is 260 g/mol. The molecular weight excluding hydrogens is 244 g/mol. The van der Waals surface area contributed by atoms with E-state index in [1.165, 1.54) is 24.3 Å². The number of nitrogens with two attached hydrogens (primary N) is 1. The van der Waals surface area contributed by atoms with Gasteiger partial charge in [0.1, 0.15) is 0 Å². The second-order valence-corrected chi connectivity index (χ2v) is 5.72. The topological polar surface area (TPSA) is 56.7 Å². The Morgan fingerprint density at radius 1 is 1.22 bits per heavy atom. The lowest BCUT2D eigenvalue weighted by Gasteiger charge is -2.24. The predicted molar refractivity (Wildman–Crippen MR) is 75.5 cm³/mol. The zero-order valence-corrected chi connectivity index (χ0v) is 10.9. The minimum atomic E-state index is 0.545. The number of anilines is 1. The smallest absolute Gasteiger partial charge is 0.0953 e. The summed E-state index contributed by atoms with van der Waals surface area (Å²) in [6.07, 6.45) is 9.75. The SMILES string of the molecule is Nc1ccncc1-c1cncn1C1CCSCC1. The van der Waals surface area contributed by atoms with Crippen molar-refractivity contribution in [1.82, 2.24) is 14.5 Å². The number of imidazole rings is 1. The molecule has 1 saturated heterocycles. The van der Waals surface area contributed by atoms with Crippen LogP contribution >= 0.6 is 11.8 Å². The standard InChI is InChI=1S/C13H16N4S/c14-12-1-4-15-7-11(12)13-8-16-9-17(13)10-2-5-18-6-3-10/h1,4,7-10H,2-3,5-6H2,(H2,14,15). The molecule has 18 heavy (non-hydrogen) atoms. The number of aromatic nitrogens is 3. The molecule has 4 nitrogen and oxygen atoms in total. The van der Waals surface area contributed by atoms with Crippen LogP contribution in [0, 0.1) is 0 Å². The molecule has 0 bridgehead atoms. The Morgan fingerprint density at radius 2 is 2.06 bits per heavy atom. The first-order valence-electron chi connectivity index (χ1n) is 6.15. The first-order chi connectivity index (χ1) is 8.86. The van der Waals surface area contributed by atoms with E-state index < -0.39 is 0 Å². The van der Waals surface area contributed by atoms with E-state index in [1.807, 2.05) is 36.5 Å². The molecule has 0 aromatic carbocycles. The lowest BCUT2D eigenvalue weighted by atomic mass is 10.1. The van der Waals surface area contributed by atoms with Crippen molar-refractivity contribution in [1.29, 1.82) is 0 Å². The van der Waals surface area contributed by atoms with E-state index in [9.17, 15) is 0 Å². The van der Waals surface area contributed by atoms with E-state index in [0.717, 1.165) is 16.9 Å². The van der Waals surface area contributed by atoms with Crippen molar-refractivity contribution in [3.8, 4) is 11.3 Å². The van der Waals surface area contributed by atoms with E-state index in [0.29, 0.717) is 6.04 Å². The Morgan fingerprint density at radius 3 is 2.83 bits per heavy atom. The molecule has 0 aliphatic carbocycles. The second-order valence-electron chi connectivity index (χ2n) is 4.49. The van der Waals surface area contributed by atoms with Crippen molar-refractivity contribution >= 4 is 17.4 Å². The highest BCUT2D eigenvalue weighted by atomic mass is 32.2. The highest BCUT2D eigenvalue weighted by Gasteiger charge is 2.19. The molecule has 3 rings (SSSR count). The molecule has 1 aliphatic heterocycles. The number of thioether (sulfide) groups is 1. The molecule has 94 valence electrons. The molecule has 0 unspecified atom stereocenters. The molecule has 1 aliphatic rings. The van der Waals surface area contributed by atoms with Crippen LogP contribution in [0.2, 0.25) is 0 Å². The number of hydrogen-bond acceptors (Lipinski definition) is 4. The third-order valence-corrected chi connectivity index (χ3v) is 4.43. The molecule has 2 N–H and O–H groups in total. The molecular formula is C13H16N4S. The number of nitrogen functional groups attached to an aromatic ring is 1. The molecule has 2 aromatic rings. The van der Waals surface area contributed by atoms with E-state index in [1.54, 1.807) is 6.20 Å². The fourth-order valence-electron chi connectivity index (χ4n) is 2.39. The van der Waals surface area contributed by atoms with Gasteiger partial charge in [0.25, 0.3) is 0 Å². The normalized spacial score (nSPS) is 16.9. The minimum absolute atomic E-state index is 0.545. The van der Waals surface area contributed by atoms with E-state index >= 15 is 0 Å². The average molecular weight is 260 g/mol. The van der Waals surface area contributed by atoms with Crippen LogP contribution < -0.4 is 5.73 Å². The Bertz CT molecular complexity index is 531. The van der Waals surface area contributed by atoms with Gasteiger partial charge in [-0.3, -0.25) is 4.98 Å². The summed E-state index contributed by atoms with van der Waals surface area (Å²) in [7, 11) is 0. The van der Waals surface area contributed by atoms with Crippen molar-refractivity contribution in [3.63, 3.8) is 0 Å². The van der Waals surface area contributed by atoms with Crippen molar-refractivity contribution < 1.29 is 0 Å². The second kappa shape index (κ2) is 5.02. The fraction of sp³-hybridized carbons (Fsp3) is 0.385. The van der Waals surface area contributed by atoms with E-state index in [2.05, 4.69) is 14.5 Å². The van der Waals surface area contributed by atoms with Crippen molar-refractivity contribution in [2.24, 2.45) is 0 Å². The summed E-state index contributed by atoms with van der Waals surface area (Å²) in [4.78, 5) is 8.45. The summed E-state index contributed by atoms with van der Waals surface area (Å²) >= 11 is 2.03. The van der Waals surface area contributed by atoms with Gasteiger partial charge in [0.2, 0.25) is 0 Å². The molecule has 0 saturated carbocycles. The van der Waals surface area contributed by atoms with Gasteiger partial charge in [-0.25, -0.2) is 4.98 Å².